The minimum absolute atomic E-state index is 0.0235. The Kier molecular flexibility index (Phi) is 3.48. The normalized spacial score (nSPS) is 10.7. The number of hydrogen-bond donors (Lipinski definition) is 1. The molecule has 0 saturated carbocycles. The van der Waals surface area contributed by atoms with E-state index < -0.39 is 0 Å². The Morgan fingerprint density at radius 3 is 2.81 bits per heavy atom. The summed E-state index contributed by atoms with van der Waals surface area (Å²) in [5.74, 6) is 0.519. The molecule has 84 valence electrons. The van der Waals surface area contributed by atoms with Crippen molar-refractivity contribution in [1.29, 1.82) is 0 Å². The van der Waals surface area contributed by atoms with E-state index in [4.69, 9.17) is 21.1 Å². The third-order valence-corrected chi connectivity index (χ3v) is 3.22. The second-order valence-corrected chi connectivity index (χ2v) is 4.51. The van der Waals surface area contributed by atoms with Crippen molar-refractivity contribution in [3.63, 3.8) is 0 Å². The first-order chi connectivity index (χ1) is 7.69. The van der Waals surface area contributed by atoms with Crippen molar-refractivity contribution in [3.05, 3.63) is 34.7 Å². The number of aliphatic hydroxyl groups is 1. The van der Waals surface area contributed by atoms with E-state index in [2.05, 4.69) is 10.2 Å². The van der Waals surface area contributed by atoms with Crippen LogP contribution in [0.4, 0.5) is 0 Å². The largest absolute Gasteiger partial charge is 0.416 e. The quantitative estimate of drug-likeness (QED) is 0.915. The number of hydrogen-bond acceptors (Lipinski definition) is 5. The topological polar surface area (TPSA) is 59.2 Å². The molecule has 4 nitrogen and oxygen atoms in total. The predicted octanol–water partition coefficient (Wildman–Crippen LogP) is 2.67. The molecule has 0 radical (unpaired) electrons. The van der Waals surface area contributed by atoms with Crippen LogP contribution in [0.5, 0.6) is 0 Å². The van der Waals surface area contributed by atoms with Crippen LogP contribution in [-0.4, -0.2) is 15.3 Å². The third kappa shape index (κ3) is 2.55. The molecule has 0 aliphatic heterocycles. The highest BCUT2D eigenvalue weighted by atomic mass is 35.5. The predicted molar refractivity (Wildman–Crippen MR) is 60.5 cm³/mol. The Labute approximate surface area is 102 Å². The second-order valence-electron chi connectivity index (χ2n) is 3.11. The van der Waals surface area contributed by atoms with Gasteiger partial charge in [0.15, 0.2) is 0 Å². The molecule has 6 heteroatoms. The zero-order valence-electron chi connectivity index (χ0n) is 8.48. The van der Waals surface area contributed by atoms with Gasteiger partial charge in [0.2, 0.25) is 5.89 Å². The maximum absolute atomic E-state index is 8.94. The number of rotatable bonds is 3. The van der Waals surface area contributed by atoms with Crippen LogP contribution in [0, 0.1) is 6.92 Å². The van der Waals surface area contributed by atoms with E-state index in [1.807, 2.05) is 6.07 Å². The van der Waals surface area contributed by atoms with Gasteiger partial charge in [-0.2, -0.15) is 0 Å². The van der Waals surface area contributed by atoms with Gasteiger partial charge >= 0.3 is 0 Å². The van der Waals surface area contributed by atoms with Crippen LogP contribution in [0.25, 0.3) is 0 Å². The maximum Gasteiger partial charge on any atom is 0.281 e. The molecule has 0 aliphatic rings. The van der Waals surface area contributed by atoms with Gasteiger partial charge in [0.1, 0.15) is 0 Å². The van der Waals surface area contributed by atoms with Gasteiger partial charge in [0.25, 0.3) is 5.22 Å². The molecule has 0 atom stereocenters. The number of halogens is 1. The zero-order valence-corrected chi connectivity index (χ0v) is 10.0. The fraction of sp³-hybridized carbons (Fsp3) is 0.200. The minimum atomic E-state index is -0.0235. The van der Waals surface area contributed by atoms with Crippen molar-refractivity contribution in [2.45, 2.75) is 23.6 Å². The van der Waals surface area contributed by atoms with Crippen LogP contribution in [0.3, 0.4) is 0 Å². The first kappa shape index (κ1) is 11.4. The molecule has 1 aromatic heterocycles. The molecule has 16 heavy (non-hydrogen) atoms. The van der Waals surface area contributed by atoms with Crippen LogP contribution in [0.2, 0.25) is 5.02 Å². The summed E-state index contributed by atoms with van der Waals surface area (Å²) in [6.07, 6.45) is 0. The summed E-state index contributed by atoms with van der Waals surface area (Å²) in [4.78, 5) is 0.822. The van der Waals surface area contributed by atoms with Gasteiger partial charge in [-0.15, -0.1) is 10.2 Å². The van der Waals surface area contributed by atoms with Gasteiger partial charge in [-0.05, 0) is 29.5 Å². The molecule has 1 aromatic carbocycles. The summed E-state index contributed by atoms with van der Waals surface area (Å²) in [6.45, 7) is 1.71. The third-order valence-electron chi connectivity index (χ3n) is 1.88. The van der Waals surface area contributed by atoms with Crippen molar-refractivity contribution in [3.8, 4) is 0 Å². The lowest BCUT2D eigenvalue weighted by molar-refractivity contribution is 0.282. The average molecular weight is 257 g/mol. The lowest BCUT2D eigenvalue weighted by atomic mass is 10.2. The molecule has 2 aromatic rings. The molecule has 1 N–H and O–H groups in total. The molecular formula is C10H9ClN2O2S. The average Bonchev–Trinajstić information content (AvgIpc) is 2.67. The van der Waals surface area contributed by atoms with Gasteiger partial charge in [-0.1, -0.05) is 17.7 Å². The summed E-state index contributed by atoms with van der Waals surface area (Å²) in [7, 11) is 0. The molecule has 0 bridgehead atoms. The maximum atomic E-state index is 8.94. The first-order valence-corrected chi connectivity index (χ1v) is 5.75. The van der Waals surface area contributed by atoms with Crippen LogP contribution < -0.4 is 0 Å². The highest BCUT2D eigenvalue weighted by molar-refractivity contribution is 7.99. The fourth-order valence-electron chi connectivity index (χ4n) is 1.14. The second kappa shape index (κ2) is 4.86. The van der Waals surface area contributed by atoms with E-state index in [9.17, 15) is 0 Å². The van der Waals surface area contributed by atoms with E-state index in [0.29, 0.717) is 16.1 Å². The van der Waals surface area contributed by atoms with Crippen molar-refractivity contribution in [2.75, 3.05) is 0 Å². The fourth-order valence-corrected chi connectivity index (χ4v) is 2.18. The Morgan fingerprint density at radius 1 is 1.44 bits per heavy atom. The molecule has 2 rings (SSSR count). The molecular weight excluding hydrogens is 248 g/mol. The van der Waals surface area contributed by atoms with E-state index in [-0.39, 0.29) is 6.61 Å². The van der Waals surface area contributed by atoms with Crippen molar-refractivity contribution >= 4 is 23.4 Å². The van der Waals surface area contributed by atoms with Crippen LogP contribution in [0.1, 0.15) is 11.5 Å². The Hall–Kier alpha value is -1.04. The van der Waals surface area contributed by atoms with Crippen LogP contribution >= 0.6 is 23.4 Å². The van der Waals surface area contributed by atoms with Gasteiger partial charge in [-0.3, -0.25) is 0 Å². The zero-order chi connectivity index (χ0) is 11.5. The van der Waals surface area contributed by atoms with E-state index >= 15 is 0 Å². The molecule has 0 amide bonds. The number of nitrogens with zero attached hydrogens (tertiary/aromatic N) is 2. The van der Waals surface area contributed by atoms with Crippen molar-refractivity contribution in [2.24, 2.45) is 0 Å². The first-order valence-electron chi connectivity index (χ1n) is 4.56. The SMILES string of the molecule is Cc1nnc(Sc2ccc(CO)cc2Cl)o1. The number of aromatic nitrogens is 2. The highest BCUT2D eigenvalue weighted by Gasteiger charge is 2.08. The lowest BCUT2D eigenvalue weighted by Gasteiger charge is -2.02. The van der Waals surface area contributed by atoms with E-state index in [0.717, 1.165) is 10.5 Å². The molecule has 0 aliphatic carbocycles. The minimum Gasteiger partial charge on any atom is -0.416 e. The molecule has 0 unspecified atom stereocenters. The summed E-state index contributed by atoms with van der Waals surface area (Å²) < 4.78 is 5.23. The number of aliphatic hydroxyl groups excluding tert-OH is 1. The smallest absolute Gasteiger partial charge is 0.281 e. The Bertz CT molecular complexity index is 501. The van der Waals surface area contributed by atoms with Crippen molar-refractivity contribution in [1.82, 2.24) is 10.2 Å². The van der Waals surface area contributed by atoms with Gasteiger partial charge in [-0.25, -0.2) is 0 Å². The highest BCUT2D eigenvalue weighted by Crippen LogP contribution is 2.32. The monoisotopic (exact) mass is 256 g/mol. The van der Waals surface area contributed by atoms with E-state index in [1.165, 1.54) is 11.8 Å². The molecule has 0 spiro atoms. The summed E-state index contributed by atoms with van der Waals surface area (Å²) in [5, 5.41) is 17.5. The lowest BCUT2D eigenvalue weighted by Crippen LogP contribution is -1.84. The van der Waals surface area contributed by atoms with Crippen molar-refractivity contribution < 1.29 is 9.52 Å². The van der Waals surface area contributed by atoms with Gasteiger partial charge in [0.05, 0.1) is 11.6 Å². The Morgan fingerprint density at radius 2 is 2.25 bits per heavy atom. The van der Waals surface area contributed by atoms with Crippen LogP contribution in [0.15, 0.2) is 32.7 Å². The summed E-state index contributed by atoms with van der Waals surface area (Å²) in [5.41, 5.74) is 0.774. The van der Waals surface area contributed by atoms with E-state index in [1.54, 1.807) is 19.1 Å². The number of benzene rings is 1. The van der Waals surface area contributed by atoms with Crippen LogP contribution in [-0.2, 0) is 6.61 Å². The summed E-state index contributed by atoms with van der Waals surface area (Å²) in [6, 6.07) is 5.34. The van der Waals surface area contributed by atoms with Gasteiger partial charge < -0.3 is 9.52 Å². The van der Waals surface area contributed by atoms with Gasteiger partial charge in [0, 0.05) is 11.8 Å². The standard InChI is InChI=1S/C10H9ClN2O2S/c1-6-12-13-10(15-6)16-9-3-2-7(5-14)4-8(9)11/h2-4,14H,5H2,1H3. The molecule has 0 fully saturated rings. The molecule has 1 heterocycles. The Balaban J connectivity index is 2.21. The summed E-state index contributed by atoms with van der Waals surface area (Å²) >= 11 is 7.34. The molecule has 0 saturated heterocycles. The number of aryl methyl sites for hydroxylation is 1.